The van der Waals surface area contributed by atoms with E-state index in [1.807, 2.05) is 12.1 Å². The Labute approximate surface area is 143 Å². The van der Waals surface area contributed by atoms with Crippen molar-refractivity contribution in [3.63, 3.8) is 0 Å². The molecule has 1 aliphatic carbocycles. The Morgan fingerprint density at radius 3 is 2.96 bits per heavy atom. The van der Waals surface area contributed by atoms with Gasteiger partial charge in [0.25, 0.3) is 5.91 Å². The lowest BCUT2D eigenvalue weighted by atomic mass is 10.2. The first-order valence-corrected chi connectivity index (χ1v) is 9.01. The first-order valence-electron chi connectivity index (χ1n) is 9.01. The van der Waals surface area contributed by atoms with E-state index in [0.29, 0.717) is 31.1 Å². The second kappa shape index (κ2) is 9.04. The summed E-state index contributed by atoms with van der Waals surface area (Å²) in [6, 6.07) is 7.31. The molecule has 1 aromatic rings. The van der Waals surface area contributed by atoms with Crippen molar-refractivity contribution < 1.29 is 19.0 Å². The van der Waals surface area contributed by atoms with Gasteiger partial charge in [-0.1, -0.05) is 6.07 Å². The molecular formula is C19H27NO4. The lowest BCUT2D eigenvalue weighted by Gasteiger charge is -2.12. The molecule has 3 rings (SSSR count). The molecule has 1 aromatic carbocycles. The van der Waals surface area contributed by atoms with Gasteiger partial charge in [0.2, 0.25) is 0 Å². The van der Waals surface area contributed by atoms with E-state index in [4.69, 9.17) is 14.2 Å². The maximum atomic E-state index is 12.2. The molecule has 1 amide bonds. The number of benzene rings is 1. The van der Waals surface area contributed by atoms with E-state index in [0.717, 1.165) is 38.4 Å². The molecule has 2 fully saturated rings. The van der Waals surface area contributed by atoms with Gasteiger partial charge in [-0.05, 0) is 56.2 Å². The van der Waals surface area contributed by atoms with Gasteiger partial charge in [0.05, 0.1) is 6.10 Å². The normalized spacial score (nSPS) is 20.1. The van der Waals surface area contributed by atoms with Gasteiger partial charge in [0.15, 0.2) is 0 Å². The predicted octanol–water partition coefficient (Wildman–Crippen LogP) is 2.79. The number of rotatable bonds is 10. The van der Waals surface area contributed by atoms with E-state index in [-0.39, 0.29) is 12.0 Å². The number of hydrogen-bond donors (Lipinski definition) is 1. The Morgan fingerprint density at radius 2 is 2.17 bits per heavy atom. The monoisotopic (exact) mass is 333 g/mol. The third-order valence-electron chi connectivity index (χ3n) is 4.36. The van der Waals surface area contributed by atoms with E-state index < -0.39 is 0 Å². The molecule has 1 aliphatic heterocycles. The van der Waals surface area contributed by atoms with Crippen LogP contribution in [0.4, 0.5) is 0 Å². The summed E-state index contributed by atoms with van der Waals surface area (Å²) in [6.45, 7) is 3.58. The van der Waals surface area contributed by atoms with Crippen molar-refractivity contribution in [3.8, 4) is 5.75 Å². The SMILES string of the molecule is O=C(NCCCOCC1CC1)c1cccc(OCC2CCCO2)c1. The number of carbonyl (C=O) groups is 1. The lowest BCUT2D eigenvalue weighted by Crippen LogP contribution is -2.25. The summed E-state index contributed by atoms with van der Waals surface area (Å²) < 4.78 is 16.8. The minimum absolute atomic E-state index is 0.0697. The number of carbonyl (C=O) groups excluding carboxylic acids is 1. The quantitative estimate of drug-likeness (QED) is 0.669. The van der Waals surface area contributed by atoms with Gasteiger partial charge >= 0.3 is 0 Å². The Morgan fingerprint density at radius 1 is 1.25 bits per heavy atom. The topological polar surface area (TPSA) is 56.8 Å². The van der Waals surface area contributed by atoms with Crippen LogP contribution in [0.3, 0.4) is 0 Å². The third-order valence-corrected chi connectivity index (χ3v) is 4.36. The molecule has 1 unspecified atom stereocenters. The van der Waals surface area contributed by atoms with E-state index in [1.165, 1.54) is 12.8 Å². The van der Waals surface area contributed by atoms with Crippen LogP contribution in [-0.2, 0) is 9.47 Å². The summed E-state index contributed by atoms with van der Waals surface area (Å²) >= 11 is 0. The van der Waals surface area contributed by atoms with Gasteiger partial charge in [-0.15, -0.1) is 0 Å². The van der Waals surface area contributed by atoms with Crippen molar-refractivity contribution in [3.05, 3.63) is 29.8 Å². The number of hydrogen-bond acceptors (Lipinski definition) is 4. The molecular weight excluding hydrogens is 306 g/mol. The minimum Gasteiger partial charge on any atom is -0.491 e. The smallest absolute Gasteiger partial charge is 0.251 e. The van der Waals surface area contributed by atoms with Crippen molar-refractivity contribution in [1.29, 1.82) is 0 Å². The molecule has 1 saturated carbocycles. The van der Waals surface area contributed by atoms with Crippen molar-refractivity contribution in [2.45, 2.75) is 38.2 Å². The highest BCUT2D eigenvalue weighted by molar-refractivity contribution is 5.94. The van der Waals surface area contributed by atoms with Crippen LogP contribution in [0.1, 0.15) is 42.5 Å². The molecule has 132 valence electrons. The third kappa shape index (κ3) is 5.80. The van der Waals surface area contributed by atoms with Crippen molar-refractivity contribution in [2.75, 3.05) is 33.0 Å². The summed E-state index contributed by atoms with van der Waals surface area (Å²) in [7, 11) is 0. The zero-order valence-electron chi connectivity index (χ0n) is 14.2. The van der Waals surface area contributed by atoms with Crippen LogP contribution < -0.4 is 10.1 Å². The largest absolute Gasteiger partial charge is 0.491 e. The summed E-state index contributed by atoms with van der Waals surface area (Å²) in [6.07, 6.45) is 5.78. The fourth-order valence-corrected chi connectivity index (χ4v) is 2.70. The minimum atomic E-state index is -0.0697. The van der Waals surface area contributed by atoms with Gasteiger partial charge in [-0.2, -0.15) is 0 Å². The molecule has 1 N–H and O–H groups in total. The number of nitrogens with one attached hydrogen (secondary N) is 1. The maximum absolute atomic E-state index is 12.2. The second-order valence-corrected chi connectivity index (χ2v) is 6.60. The van der Waals surface area contributed by atoms with Crippen LogP contribution in [-0.4, -0.2) is 45.0 Å². The Kier molecular flexibility index (Phi) is 6.49. The molecule has 5 heteroatoms. The van der Waals surface area contributed by atoms with Gasteiger partial charge in [0, 0.05) is 31.9 Å². The molecule has 5 nitrogen and oxygen atoms in total. The first-order chi connectivity index (χ1) is 11.8. The molecule has 24 heavy (non-hydrogen) atoms. The van der Waals surface area contributed by atoms with Crippen LogP contribution >= 0.6 is 0 Å². The van der Waals surface area contributed by atoms with Crippen molar-refractivity contribution >= 4 is 5.91 Å². The first kappa shape index (κ1) is 17.2. The Balaban J connectivity index is 1.34. The second-order valence-electron chi connectivity index (χ2n) is 6.60. The van der Waals surface area contributed by atoms with Crippen LogP contribution in [0.15, 0.2) is 24.3 Å². The van der Waals surface area contributed by atoms with E-state index in [9.17, 15) is 4.79 Å². The average molecular weight is 333 g/mol. The molecule has 2 aliphatic rings. The molecule has 0 bridgehead atoms. The standard InChI is InChI=1S/C19H27NO4/c21-19(20-9-3-10-22-13-15-7-8-15)16-4-1-5-17(12-16)24-14-18-6-2-11-23-18/h1,4-5,12,15,18H,2-3,6-11,13-14H2,(H,20,21). The van der Waals surface area contributed by atoms with Crippen molar-refractivity contribution in [1.82, 2.24) is 5.32 Å². The molecule has 1 saturated heterocycles. The van der Waals surface area contributed by atoms with Crippen LogP contribution in [0.5, 0.6) is 5.75 Å². The van der Waals surface area contributed by atoms with Gasteiger partial charge < -0.3 is 19.5 Å². The molecule has 0 spiro atoms. The maximum Gasteiger partial charge on any atom is 0.251 e. The highest BCUT2D eigenvalue weighted by Crippen LogP contribution is 2.28. The summed E-state index contributed by atoms with van der Waals surface area (Å²) in [4.78, 5) is 12.2. The highest BCUT2D eigenvalue weighted by atomic mass is 16.5. The average Bonchev–Trinajstić information content (AvgIpc) is 3.28. The van der Waals surface area contributed by atoms with Crippen molar-refractivity contribution in [2.24, 2.45) is 5.92 Å². The van der Waals surface area contributed by atoms with E-state index in [1.54, 1.807) is 12.1 Å². The molecule has 1 heterocycles. The predicted molar refractivity (Wildman–Crippen MR) is 91.4 cm³/mol. The molecule has 0 radical (unpaired) electrons. The lowest BCUT2D eigenvalue weighted by molar-refractivity contribution is 0.0679. The van der Waals surface area contributed by atoms with Gasteiger partial charge in [0.1, 0.15) is 12.4 Å². The van der Waals surface area contributed by atoms with Crippen LogP contribution in [0.25, 0.3) is 0 Å². The van der Waals surface area contributed by atoms with Crippen LogP contribution in [0.2, 0.25) is 0 Å². The molecule has 1 atom stereocenters. The Hall–Kier alpha value is -1.59. The Bertz CT molecular complexity index is 524. The van der Waals surface area contributed by atoms with Crippen LogP contribution in [0, 0.1) is 5.92 Å². The van der Waals surface area contributed by atoms with Gasteiger partial charge in [-0.3, -0.25) is 4.79 Å². The fraction of sp³-hybridized carbons (Fsp3) is 0.632. The van der Waals surface area contributed by atoms with E-state index in [2.05, 4.69) is 5.32 Å². The summed E-state index contributed by atoms with van der Waals surface area (Å²) in [5.41, 5.74) is 0.624. The molecule has 0 aromatic heterocycles. The summed E-state index contributed by atoms with van der Waals surface area (Å²) in [5.74, 6) is 1.43. The highest BCUT2D eigenvalue weighted by Gasteiger charge is 2.20. The number of ether oxygens (including phenoxy) is 3. The zero-order chi connectivity index (χ0) is 16.6. The van der Waals surface area contributed by atoms with Gasteiger partial charge in [-0.25, -0.2) is 0 Å². The summed E-state index contributed by atoms with van der Waals surface area (Å²) in [5, 5.41) is 2.93. The zero-order valence-corrected chi connectivity index (χ0v) is 14.2. The fourth-order valence-electron chi connectivity index (χ4n) is 2.70. The number of amides is 1. The van der Waals surface area contributed by atoms with E-state index >= 15 is 0 Å².